The van der Waals surface area contributed by atoms with Crippen LogP contribution in [0, 0.1) is 0 Å². The summed E-state index contributed by atoms with van der Waals surface area (Å²) in [5.74, 6) is 0. The number of carbonyl (C=O) groups is 1. The maximum atomic E-state index is 10.5. The van der Waals surface area contributed by atoms with Crippen LogP contribution in [0.2, 0.25) is 0 Å². The van der Waals surface area contributed by atoms with E-state index in [4.69, 9.17) is 14.6 Å². The molecule has 1 N–H and O–H groups in total. The zero-order valence-corrected chi connectivity index (χ0v) is 10.6. The van der Waals surface area contributed by atoms with Crippen LogP contribution in [0.15, 0.2) is 6.07 Å². The second-order valence-electron chi connectivity index (χ2n) is 4.02. The molecule has 1 unspecified atom stereocenters. The molecule has 6 heteroatoms. The Balaban J connectivity index is 2.25. The standard InChI is InChI=1S/C11H15NO4S/c1-12-4-3-7-5-9(16-11(13)14)17-10(7)8(12)6-15-2/h5,8H,3-4,6H2,1-2H3,(H,13,14). The minimum atomic E-state index is -1.26. The summed E-state index contributed by atoms with van der Waals surface area (Å²) in [6, 6.07) is 2.02. The molecule has 2 heterocycles. The third-order valence-corrected chi connectivity index (χ3v) is 4.06. The van der Waals surface area contributed by atoms with Crippen molar-refractivity contribution in [3.05, 3.63) is 16.5 Å². The first-order chi connectivity index (χ1) is 8.11. The summed E-state index contributed by atoms with van der Waals surface area (Å²) in [5.41, 5.74) is 1.17. The van der Waals surface area contributed by atoms with E-state index in [0.717, 1.165) is 17.8 Å². The molecule has 1 aliphatic heterocycles. The molecule has 1 aromatic heterocycles. The Morgan fingerprint density at radius 2 is 2.47 bits per heavy atom. The van der Waals surface area contributed by atoms with Crippen LogP contribution in [-0.4, -0.2) is 43.5 Å². The Kier molecular flexibility index (Phi) is 3.66. The third kappa shape index (κ3) is 2.59. The van der Waals surface area contributed by atoms with Gasteiger partial charge in [-0.25, -0.2) is 4.79 Å². The molecule has 2 rings (SSSR count). The van der Waals surface area contributed by atoms with Gasteiger partial charge in [0.05, 0.1) is 12.6 Å². The second kappa shape index (κ2) is 5.03. The number of hydrogen-bond acceptors (Lipinski definition) is 5. The highest BCUT2D eigenvalue weighted by Gasteiger charge is 2.28. The van der Waals surface area contributed by atoms with Gasteiger partial charge < -0.3 is 14.6 Å². The lowest BCUT2D eigenvalue weighted by atomic mass is 10.0. The molecule has 1 aromatic rings. The highest BCUT2D eigenvalue weighted by molar-refractivity contribution is 7.14. The number of ether oxygens (including phenoxy) is 2. The van der Waals surface area contributed by atoms with E-state index in [-0.39, 0.29) is 6.04 Å². The van der Waals surface area contributed by atoms with Crippen molar-refractivity contribution in [3.8, 4) is 5.06 Å². The van der Waals surface area contributed by atoms with Crippen LogP contribution in [0.4, 0.5) is 4.79 Å². The van der Waals surface area contributed by atoms with Crippen molar-refractivity contribution in [1.29, 1.82) is 0 Å². The quantitative estimate of drug-likeness (QED) is 0.839. The molecule has 0 radical (unpaired) electrons. The molecular weight excluding hydrogens is 242 g/mol. The first-order valence-electron chi connectivity index (χ1n) is 5.34. The molecule has 0 amide bonds. The van der Waals surface area contributed by atoms with Gasteiger partial charge in [-0.3, -0.25) is 4.90 Å². The van der Waals surface area contributed by atoms with E-state index in [1.165, 1.54) is 16.9 Å². The maximum absolute atomic E-state index is 10.5. The Morgan fingerprint density at radius 1 is 1.71 bits per heavy atom. The fourth-order valence-electron chi connectivity index (χ4n) is 2.04. The van der Waals surface area contributed by atoms with E-state index < -0.39 is 6.16 Å². The normalized spacial score (nSPS) is 20.0. The Bertz CT molecular complexity index is 418. The van der Waals surface area contributed by atoms with Crippen LogP contribution in [0.1, 0.15) is 16.5 Å². The number of methoxy groups -OCH3 is 1. The molecule has 0 spiro atoms. The predicted octanol–water partition coefficient (Wildman–Crippen LogP) is 1.98. The first kappa shape index (κ1) is 12.3. The average Bonchev–Trinajstić information content (AvgIpc) is 2.64. The highest BCUT2D eigenvalue weighted by Crippen LogP contribution is 2.39. The zero-order chi connectivity index (χ0) is 12.4. The van der Waals surface area contributed by atoms with Gasteiger partial charge in [0.2, 0.25) is 0 Å². The van der Waals surface area contributed by atoms with Crippen LogP contribution in [0.5, 0.6) is 5.06 Å². The van der Waals surface area contributed by atoms with Gasteiger partial charge in [-0.15, -0.1) is 11.3 Å². The molecule has 94 valence electrons. The van der Waals surface area contributed by atoms with Crippen molar-refractivity contribution in [2.75, 3.05) is 27.3 Å². The van der Waals surface area contributed by atoms with E-state index in [9.17, 15) is 4.79 Å². The minimum Gasteiger partial charge on any atom is -0.449 e. The molecule has 0 saturated heterocycles. The summed E-state index contributed by atoms with van der Waals surface area (Å²) in [4.78, 5) is 13.9. The lowest BCUT2D eigenvalue weighted by Crippen LogP contribution is -2.33. The van der Waals surface area contributed by atoms with Crippen molar-refractivity contribution in [3.63, 3.8) is 0 Å². The fraction of sp³-hybridized carbons (Fsp3) is 0.545. The van der Waals surface area contributed by atoms with Crippen molar-refractivity contribution in [1.82, 2.24) is 4.90 Å². The number of carboxylic acid groups (broad SMARTS) is 1. The van der Waals surface area contributed by atoms with Gasteiger partial charge in [0.1, 0.15) is 0 Å². The van der Waals surface area contributed by atoms with Crippen LogP contribution < -0.4 is 4.74 Å². The van der Waals surface area contributed by atoms with Crippen LogP contribution >= 0.6 is 11.3 Å². The molecule has 0 fully saturated rings. The number of likely N-dealkylation sites (N-methyl/N-ethyl adjacent to an activating group) is 1. The average molecular weight is 257 g/mol. The summed E-state index contributed by atoms with van der Waals surface area (Å²) < 4.78 is 9.91. The van der Waals surface area contributed by atoms with Crippen LogP contribution in [-0.2, 0) is 11.2 Å². The van der Waals surface area contributed by atoms with Crippen LogP contribution in [0.25, 0.3) is 0 Å². The SMILES string of the molecule is COCC1c2sc(OC(=O)O)cc2CCN1C. The lowest BCUT2D eigenvalue weighted by molar-refractivity contribution is 0.103. The van der Waals surface area contributed by atoms with Gasteiger partial charge in [0.25, 0.3) is 0 Å². The van der Waals surface area contributed by atoms with Crippen molar-refractivity contribution in [2.45, 2.75) is 12.5 Å². The molecule has 17 heavy (non-hydrogen) atoms. The first-order valence-corrected chi connectivity index (χ1v) is 6.16. The summed E-state index contributed by atoms with van der Waals surface area (Å²) in [6.45, 7) is 1.56. The predicted molar refractivity (Wildman–Crippen MR) is 63.9 cm³/mol. The molecule has 0 bridgehead atoms. The van der Waals surface area contributed by atoms with Gasteiger partial charge in [0.15, 0.2) is 5.06 Å². The maximum Gasteiger partial charge on any atom is 0.512 e. The van der Waals surface area contributed by atoms with E-state index in [1.807, 2.05) is 13.1 Å². The van der Waals surface area contributed by atoms with Crippen molar-refractivity contribution >= 4 is 17.5 Å². The topological polar surface area (TPSA) is 59.0 Å². The van der Waals surface area contributed by atoms with Crippen molar-refractivity contribution < 1.29 is 19.4 Å². The smallest absolute Gasteiger partial charge is 0.449 e. The number of rotatable bonds is 3. The molecule has 0 aliphatic carbocycles. The van der Waals surface area contributed by atoms with Crippen molar-refractivity contribution in [2.24, 2.45) is 0 Å². The van der Waals surface area contributed by atoms with Gasteiger partial charge in [-0.1, -0.05) is 0 Å². The third-order valence-electron chi connectivity index (χ3n) is 2.90. The van der Waals surface area contributed by atoms with E-state index in [2.05, 4.69) is 4.90 Å². The summed E-state index contributed by atoms with van der Waals surface area (Å²) in [6.07, 6.45) is -0.342. The number of hydrogen-bond donors (Lipinski definition) is 1. The Morgan fingerprint density at radius 3 is 3.12 bits per heavy atom. The second-order valence-corrected chi connectivity index (χ2v) is 5.07. The van der Waals surface area contributed by atoms with E-state index in [0.29, 0.717) is 11.7 Å². The van der Waals surface area contributed by atoms with Gasteiger partial charge in [0, 0.05) is 18.5 Å². The fourth-order valence-corrected chi connectivity index (χ4v) is 3.25. The Labute approximate surface area is 104 Å². The largest absolute Gasteiger partial charge is 0.512 e. The molecule has 0 saturated carbocycles. The molecular formula is C11H15NO4S. The Hall–Kier alpha value is -1.11. The van der Waals surface area contributed by atoms with Gasteiger partial charge >= 0.3 is 6.16 Å². The van der Waals surface area contributed by atoms with E-state index >= 15 is 0 Å². The van der Waals surface area contributed by atoms with E-state index in [1.54, 1.807) is 7.11 Å². The lowest BCUT2D eigenvalue weighted by Gasteiger charge is -2.31. The molecule has 5 nitrogen and oxygen atoms in total. The summed E-state index contributed by atoms with van der Waals surface area (Å²) in [5, 5.41) is 9.04. The molecule has 1 aliphatic rings. The summed E-state index contributed by atoms with van der Waals surface area (Å²) >= 11 is 1.39. The molecule has 0 aromatic carbocycles. The number of thiophene rings is 1. The van der Waals surface area contributed by atoms with Crippen LogP contribution in [0.3, 0.4) is 0 Å². The minimum absolute atomic E-state index is 0.194. The van der Waals surface area contributed by atoms with Gasteiger partial charge in [-0.2, -0.15) is 0 Å². The zero-order valence-electron chi connectivity index (χ0n) is 9.80. The number of nitrogens with zero attached hydrogens (tertiary/aromatic N) is 1. The summed E-state index contributed by atoms with van der Waals surface area (Å²) in [7, 11) is 3.72. The number of fused-ring (bicyclic) bond motifs is 1. The van der Waals surface area contributed by atoms with Gasteiger partial charge in [-0.05, 0) is 25.1 Å². The highest BCUT2D eigenvalue weighted by atomic mass is 32.1. The monoisotopic (exact) mass is 257 g/mol. The molecule has 1 atom stereocenters.